The molecule has 0 amide bonds. The van der Waals surface area contributed by atoms with Crippen LogP contribution in [-0.2, 0) is 13.0 Å². The number of nitrogens with zero attached hydrogens (tertiary/aromatic N) is 3. The summed E-state index contributed by atoms with van der Waals surface area (Å²) in [7, 11) is 0. The van der Waals surface area contributed by atoms with Crippen LogP contribution >= 0.6 is 0 Å². The summed E-state index contributed by atoms with van der Waals surface area (Å²) >= 11 is 0. The minimum absolute atomic E-state index is 0.736. The van der Waals surface area contributed by atoms with Crippen LogP contribution in [0.4, 0.5) is 0 Å². The van der Waals surface area contributed by atoms with E-state index in [4.69, 9.17) is 0 Å². The third-order valence-electron chi connectivity index (χ3n) is 4.47. The second-order valence-corrected chi connectivity index (χ2v) is 6.55. The van der Waals surface area contributed by atoms with Crippen LogP contribution in [0.5, 0.6) is 0 Å². The van der Waals surface area contributed by atoms with Crippen LogP contribution in [0.1, 0.15) is 52.3 Å². The molecule has 1 saturated carbocycles. The van der Waals surface area contributed by atoms with Crippen molar-refractivity contribution in [2.24, 2.45) is 17.8 Å². The second kappa shape index (κ2) is 7.77. The fourth-order valence-corrected chi connectivity index (χ4v) is 3.32. The van der Waals surface area contributed by atoms with Crippen LogP contribution < -0.4 is 5.32 Å². The van der Waals surface area contributed by atoms with Gasteiger partial charge in [0.15, 0.2) is 0 Å². The van der Waals surface area contributed by atoms with E-state index in [-0.39, 0.29) is 0 Å². The minimum Gasteiger partial charge on any atom is -0.316 e. The van der Waals surface area contributed by atoms with Gasteiger partial charge >= 0.3 is 0 Å². The molecule has 0 aromatic carbocycles. The summed E-state index contributed by atoms with van der Waals surface area (Å²) in [6, 6.07) is 0. The lowest BCUT2D eigenvalue weighted by atomic mass is 9.77. The van der Waals surface area contributed by atoms with Crippen LogP contribution in [0, 0.1) is 17.8 Å². The van der Waals surface area contributed by atoms with Gasteiger partial charge in [0.2, 0.25) is 0 Å². The molecule has 0 spiro atoms. The molecule has 0 radical (unpaired) electrons. The van der Waals surface area contributed by atoms with E-state index in [1.807, 2.05) is 4.68 Å². The highest BCUT2D eigenvalue weighted by Gasteiger charge is 2.26. The quantitative estimate of drug-likeness (QED) is 0.834. The summed E-state index contributed by atoms with van der Waals surface area (Å²) in [5.74, 6) is 3.50. The zero-order valence-corrected chi connectivity index (χ0v) is 13.3. The number of aryl methyl sites for hydroxylation is 1. The maximum absolute atomic E-state index is 4.46. The standard InChI is InChI=1S/C16H30N4/c1-4-20-16(18-12-19-20)9-14-7-5-6-8-15(14)11-17-10-13(2)3/h12-15,17H,4-11H2,1-3H3. The minimum atomic E-state index is 0.736. The molecule has 1 fully saturated rings. The number of nitrogens with one attached hydrogen (secondary N) is 1. The van der Waals surface area contributed by atoms with Gasteiger partial charge in [-0.15, -0.1) is 0 Å². The van der Waals surface area contributed by atoms with Crippen LogP contribution in [0.15, 0.2) is 6.33 Å². The molecule has 2 atom stereocenters. The van der Waals surface area contributed by atoms with Crippen LogP contribution in [0.2, 0.25) is 0 Å². The van der Waals surface area contributed by atoms with Gasteiger partial charge in [0.1, 0.15) is 12.2 Å². The summed E-state index contributed by atoms with van der Waals surface area (Å²) in [5, 5.41) is 7.95. The summed E-state index contributed by atoms with van der Waals surface area (Å²) in [4.78, 5) is 4.46. The Balaban J connectivity index is 1.89. The van der Waals surface area contributed by atoms with E-state index in [0.29, 0.717) is 0 Å². The van der Waals surface area contributed by atoms with Gasteiger partial charge in [0, 0.05) is 13.0 Å². The van der Waals surface area contributed by atoms with Gasteiger partial charge in [-0.05, 0) is 50.6 Å². The Morgan fingerprint density at radius 2 is 2.05 bits per heavy atom. The Kier molecular flexibility index (Phi) is 6.02. The predicted molar refractivity (Wildman–Crippen MR) is 82.6 cm³/mol. The Hall–Kier alpha value is -0.900. The monoisotopic (exact) mass is 278 g/mol. The number of hydrogen-bond donors (Lipinski definition) is 1. The average Bonchev–Trinajstić information content (AvgIpc) is 2.87. The zero-order chi connectivity index (χ0) is 14.4. The van der Waals surface area contributed by atoms with Crippen LogP contribution in [-0.4, -0.2) is 27.9 Å². The Morgan fingerprint density at radius 3 is 2.75 bits per heavy atom. The van der Waals surface area contributed by atoms with E-state index in [0.717, 1.165) is 37.3 Å². The van der Waals surface area contributed by atoms with Crippen molar-refractivity contribution in [2.75, 3.05) is 13.1 Å². The van der Waals surface area contributed by atoms with E-state index in [2.05, 4.69) is 36.2 Å². The van der Waals surface area contributed by atoms with Crippen LogP contribution in [0.25, 0.3) is 0 Å². The van der Waals surface area contributed by atoms with Gasteiger partial charge in [-0.2, -0.15) is 5.10 Å². The first-order valence-corrected chi connectivity index (χ1v) is 8.28. The first-order valence-electron chi connectivity index (χ1n) is 8.28. The molecular formula is C16H30N4. The zero-order valence-electron chi connectivity index (χ0n) is 13.3. The summed E-state index contributed by atoms with van der Waals surface area (Å²) in [6.45, 7) is 9.92. The maximum Gasteiger partial charge on any atom is 0.138 e. The van der Waals surface area contributed by atoms with Gasteiger partial charge in [0.05, 0.1) is 0 Å². The van der Waals surface area contributed by atoms with Crippen molar-refractivity contribution in [1.82, 2.24) is 20.1 Å². The summed E-state index contributed by atoms with van der Waals surface area (Å²) in [5.41, 5.74) is 0. The molecule has 0 bridgehead atoms. The van der Waals surface area contributed by atoms with Gasteiger partial charge < -0.3 is 5.32 Å². The van der Waals surface area contributed by atoms with Crippen molar-refractivity contribution >= 4 is 0 Å². The SMILES string of the molecule is CCn1ncnc1CC1CCCCC1CNCC(C)C. The van der Waals surface area contributed by atoms with Crippen molar-refractivity contribution in [3.63, 3.8) is 0 Å². The lowest BCUT2D eigenvalue weighted by Gasteiger charge is -2.32. The lowest BCUT2D eigenvalue weighted by Crippen LogP contribution is -2.33. The molecule has 0 aliphatic heterocycles. The average molecular weight is 278 g/mol. The number of rotatable bonds is 7. The summed E-state index contributed by atoms with van der Waals surface area (Å²) < 4.78 is 2.05. The smallest absolute Gasteiger partial charge is 0.138 e. The first-order chi connectivity index (χ1) is 9.70. The van der Waals surface area contributed by atoms with Gasteiger partial charge in [-0.3, -0.25) is 4.68 Å². The third-order valence-corrected chi connectivity index (χ3v) is 4.47. The Labute approximate surface area is 123 Å². The molecule has 1 aromatic rings. The summed E-state index contributed by atoms with van der Waals surface area (Å²) in [6.07, 6.45) is 8.30. The number of hydrogen-bond acceptors (Lipinski definition) is 3. The van der Waals surface area contributed by atoms with E-state index >= 15 is 0 Å². The highest BCUT2D eigenvalue weighted by atomic mass is 15.3. The van der Waals surface area contributed by atoms with E-state index in [1.54, 1.807) is 6.33 Å². The molecule has 1 heterocycles. The molecule has 1 aromatic heterocycles. The largest absolute Gasteiger partial charge is 0.316 e. The molecule has 1 aliphatic carbocycles. The molecule has 0 saturated heterocycles. The highest BCUT2D eigenvalue weighted by molar-refractivity contribution is 4.91. The molecular weight excluding hydrogens is 248 g/mol. The van der Waals surface area contributed by atoms with Crippen LogP contribution in [0.3, 0.4) is 0 Å². The molecule has 20 heavy (non-hydrogen) atoms. The molecule has 114 valence electrons. The van der Waals surface area contributed by atoms with E-state index in [9.17, 15) is 0 Å². The van der Waals surface area contributed by atoms with Gasteiger partial charge in [-0.1, -0.05) is 26.7 Å². The van der Waals surface area contributed by atoms with E-state index < -0.39 is 0 Å². The molecule has 1 N–H and O–H groups in total. The molecule has 1 aliphatic rings. The van der Waals surface area contributed by atoms with Crippen molar-refractivity contribution in [3.8, 4) is 0 Å². The van der Waals surface area contributed by atoms with Crippen molar-refractivity contribution in [3.05, 3.63) is 12.2 Å². The fraction of sp³-hybridized carbons (Fsp3) is 0.875. The normalized spacial score (nSPS) is 23.4. The Bertz CT molecular complexity index is 386. The fourth-order valence-electron chi connectivity index (χ4n) is 3.32. The van der Waals surface area contributed by atoms with Gasteiger partial charge in [0.25, 0.3) is 0 Å². The molecule has 2 rings (SSSR count). The first kappa shape index (κ1) is 15.5. The maximum atomic E-state index is 4.46. The topological polar surface area (TPSA) is 42.7 Å². The van der Waals surface area contributed by atoms with Crippen molar-refractivity contribution in [2.45, 2.75) is 59.4 Å². The lowest BCUT2D eigenvalue weighted by molar-refractivity contribution is 0.222. The second-order valence-electron chi connectivity index (χ2n) is 6.55. The molecule has 4 heteroatoms. The molecule has 4 nitrogen and oxygen atoms in total. The Morgan fingerprint density at radius 1 is 1.30 bits per heavy atom. The molecule has 2 unspecified atom stereocenters. The van der Waals surface area contributed by atoms with Gasteiger partial charge in [-0.25, -0.2) is 4.98 Å². The highest BCUT2D eigenvalue weighted by Crippen LogP contribution is 2.31. The van der Waals surface area contributed by atoms with Crippen molar-refractivity contribution < 1.29 is 0 Å². The van der Waals surface area contributed by atoms with Crippen molar-refractivity contribution in [1.29, 1.82) is 0 Å². The van der Waals surface area contributed by atoms with E-state index in [1.165, 1.54) is 38.1 Å². The number of aromatic nitrogens is 3. The third kappa shape index (κ3) is 4.30. The predicted octanol–water partition coefficient (Wildman–Crippen LogP) is 2.89.